The van der Waals surface area contributed by atoms with Gasteiger partial charge in [-0.2, -0.15) is 0 Å². The molecule has 0 radical (unpaired) electrons. The zero-order valence-electron chi connectivity index (χ0n) is 57.7. The first kappa shape index (κ1) is 72.3. The summed E-state index contributed by atoms with van der Waals surface area (Å²) in [5, 5.41) is 51.4. The highest BCUT2D eigenvalue weighted by molar-refractivity contribution is 5.78. The normalized spacial score (nSPS) is 35.9. The molecule has 13 aliphatic carbocycles. The van der Waals surface area contributed by atoms with Gasteiger partial charge in [0.05, 0.1) is 49.5 Å². The largest absolute Gasteiger partial charge is 0.481 e. The smallest absolute Gasteiger partial charge is 0.312 e. The summed E-state index contributed by atoms with van der Waals surface area (Å²) >= 11 is 0. The first-order chi connectivity index (χ1) is 39.2. The molecule has 14 nitrogen and oxygen atoms in total. The van der Waals surface area contributed by atoms with E-state index in [1.54, 1.807) is 13.8 Å². The Morgan fingerprint density at radius 1 is 0.407 bits per heavy atom. The van der Waals surface area contributed by atoms with Crippen LogP contribution in [0.2, 0.25) is 0 Å². The number of aliphatic hydroxyl groups is 4. The van der Waals surface area contributed by atoms with Crippen LogP contribution in [0.1, 0.15) is 311 Å². The van der Waals surface area contributed by atoms with E-state index in [1.165, 1.54) is 32.1 Å². The van der Waals surface area contributed by atoms with E-state index >= 15 is 0 Å². The van der Waals surface area contributed by atoms with Crippen LogP contribution in [0, 0.1) is 67.5 Å². The van der Waals surface area contributed by atoms with Crippen LogP contribution in [0.25, 0.3) is 0 Å². The number of carbonyl (C=O) groups excluding carboxylic acids is 4. The van der Waals surface area contributed by atoms with Crippen molar-refractivity contribution in [3.63, 3.8) is 0 Å². The number of esters is 4. The van der Waals surface area contributed by atoms with Crippen molar-refractivity contribution in [2.75, 3.05) is 0 Å². The van der Waals surface area contributed by atoms with Gasteiger partial charge in [0, 0.05) is 31.1 Å². The van der Waals surface area contributed by atoms with E-state index in [0.717, 1.165) is 116 Å². The van der Waals surface area contributed by atoms with E-state index in [4.69, 9.17) is 24.1 Å². The number of carboxylic acids is 1. The molecule has 496 valence electrons. The fraction of sp³-hybridized carbons (Fsp3) is 0.931. The highest BCUT2D eigenvalue weighted by atomic mass is 16.6. The van der Waals surface area contributed by atoms with Crippen LogP contribution >= 0.6 is 0 Å². The first-order valence-corrected chi connectivity index (χ1v) is 34.2. The second kappa shape index (κ2) is 25.4. The second-order valence-corrected chi connectivity index (χ2v) is 34.9. The minimum atomic E-state index is -0.842. The molecule has 13 rings (SSSR count). The Morgan fingerprint density at radius 3 is 1.15 bits per heavy atom. The molecule has 0 heterocycles. The molecular weight excluding hydrogens is 1090 g/mol. The summed E-state index contributed by atoms with van der Waals surface area (Å²) < 4.78 is 23.6. The number of carboxylic acid groups (broad SMARTS) is 1. The Hall–Kier alpha value is -2.81. The number of hydrogen-bond acceptors (Lipinski definition) is 13. The molecule has 0 aliphatic heterocycles. The van der Waals surface area contributed by atoms with Gasteiger partial charge in [-0.1, -0.05) is 41.0 Å². The number of rotatable bonds is 16. The minimum Gasteiger partial charge on any atom is -0.481 e. The SMILES string of the molecule is CCC(C)(C)C(=O)O.CCC(C)(C)C(=O)OC(C)(C)C12CC3CC(CC(C(C)(C)O)(C3)C1)C2.CCC(C)(C)C(=O)OC12CC3CC(CC(O)(C3)C1)C2.CCC(C)(C)C(=O)OC12CC3CC(O)(CC(O)(C3)C1)C2.CCC(C)(C)C(=O)OC1CCCCC1. The number of ether oxygens (including phenoxy) is 4. The van der Waals surface area contributed by atoms with Crippen LogP contribution in [0.5, 0.6) is 0 Å². The lowest BCUT2D eigenvalue weighted by molar-refractivity contribution is -0.264. The Morgan fingerprint density at radius 2 is 0.767 bits per heavy atom. The molecule has 0 saturated heterocycles. The van der Waals surface area contributed by atoms with E-state index in [9.17, 15) is 44.4 Å². The molecule has 0 spiro atoms. The Kier molecular flexibility index (Phi) is 21.3. The molecule has 13 saturated carbocycles. The molecule has 12 bridgehead atoms. The van der Waals surface area contributed by atoms with E-state index in [2.05, 4.69) is 13.8 Å². The summed E-state index contributed by atoms with van der Waals surface area (Å²) in [5.74, 6) is 1.63. The first-order valence-electron chi connectivity index (χ1n) is 34.2. The van der Waals surface area contributed by atoms with Gasteiger partial charge in [0.15, 0.2) is 0 Å². The highest BCUT2D eigenvalue weighted by Gasteiger charge is 2.68. The van der Waals surface area contributed by atoms with Gasteiger partial charge in [-0.25, -0.2) is 0 Å². The molecule has 13 aliphatic rings. The monoisotopic (exact) mass is 1210 g/mol. The number of carbonyl (C=O) groups is 5. The summed E-state index contributed by atoms with van der Waals surface area (Å²) in [6.07, 6.45) is 26.1. The zero-order valence-corrected chi connectivity index (χ0v) is 57.7. The molecule has 0 aromatic heterocycles. The van der Waals surface area contributed by atoms with Crippen LogP contribution in [0.15, 0.2) is 0 Å². The maximum Gasteiger partial charge on any atom is 0.312 e. The standard InChI is InChI=1S/C22H38O3.C16H26O4.C16H26O3.C12H22O2.C6H12O2/c1-8-18(2,3)17(23)25-20(6,7)22-12-15-9-16(13-22)11-21(10-15,14-22)19(4,5)24;1-4-13(2,3)12(17)20-16-7-11-5-14(18,9-16)8-15(19,6-11)10-16;1-4-14(2,3)13(17)19-16-8-11-5-12(9-16)7-15(18,6-11)10-16;1-4-12(2,3)11(13)14-10-8-6-5-7-9-10;1-4-6(2,3)5(7)8/h15-16,24H,8-14H2,1-7H3;11,18-19H,4-10H2,1-3H3;11-12,18H,4-10H2,1-3H3;10H,4-9H2,1-3H3;4H2,1-3H3,(H,7,8). The maximum absolute atomic E-state index is 12.8. The lowest BCUT2D eigenvalue weighted by atomic mass is 9.38. The molecule has 5 N–H and O–H groups in total. The van der Waals surface area contributed by atoms with E-state index < -0.39 is 61.2 Å². The lowest BCUT2D eigenvalue weighted by Gasteiger charge is -2.68. The summed E-state index contributed by atoms with van der Waals surface area (Å²) in [7, 11) is 0. The van der Waals surface area contributed by atoms with Crippen LogP contribution in [-0.4, -0.2) is 101 Å². The highest BCUT2D eigenvalue weighted by Crippen LogP contribution is 2.71. The van der Waals surface area contributed by atoms with Crippen molar-refractivity contribution >= 4 is 29.8 Å². The van der Waals surface area contributed by atoms with Crippen LogP contribution in [-0.2, 0) is 42.9 Å². The fourth-order valence-electron chi connectivity index (χ4n) is 17.7. The Bertz CT molecular complexity index is 2350. The van der Waals surface area contributed by atoms with Crippen molar-refractivity contribution in [3.05, 3.63) is 0 Å². The van der Waals surface area contributed by atoms with Gasteiger partial charge in [-0.05, 0) is 280 Å². The van der Waals surface area contributed by atoms with E-state index in [1.807, 2.05) is 104 Å². The van der Waals surface area contributed by atoms with Crippen molar-refractivity contribution in [1.82, 2.24) is 0 Å². The van der Waals surface area contributed by atoms with Gasteiger partial charge in [0.25, 0.3) is 0 Å². The van der Waals surface area contributed by atoms with Crippen LogP contribution in [0.3, 0.4) is 0 Å². The summed E-state index contributed by atoms with van der Waals surface area (Å²) in [5.41, 5.74) is -6.60. The molecule has 13 fully saturated rings. The van der Waals surface area contributed by atoms with Gasteiger partial charge in [0.2, 0.25) is 0 Å². The van der Waals surface area contributed by atoms with Gasteiger partial charge >= 0.3 is 29.8 Å². The molecule has 6 unspecified atom stereocenters. The molecule has 86 heavy (non-hydrogen) atoms. The average Bonchev–Trinajstić information content (AvgIpc) is 0.745. The molecule has 0 amide bonds. The number of aliphatic carboxylic acids is 1. The van der Waals surface area contributed by atoms with Crippen molar-refractivity contribution in [2.45, 2.75) is 357 Å². The topological polar surface area (TPSA) is 223 Å². The van der Waals surface area contributed by atoms with Gasteiger partial charge in [-0.3, -0.25) is 24.0 Å². The van der Waals surface area contributed by atoms with E-state index in [0.29, 0.717) is 55.8 Å². The van der Waals surface area contributed by atoms with Gasteiger partial charge in [0.1, 0.15) is 22.9 Å². The van der Waals surface area contributed by atoms with Crippen molar-refractivity contribution in [3.8, 4) is 0 Å². The molecule has 6 atom stereocenters. The Balaban J connectivity index is 0.000000179. The second-order valence-electron chi connectivity index (χ2n) is 34.9. The third kappa shape index (κ3) is 16.1. The van der Waals surface area contributed by atoms with E-state index in [-0.39, 0.29) is 57.7 Å². The number of hydrogen-bond donors (Lipinski definition) is 5. The molecule has 14 heteroatoms. The summed E-state index contributed by atoms with van der Waals surface area (Å²) in [6, 6.07) is 0. The fourth-order valence-corrected chi connectivity index (χ4v) is 17.7. The van der Waals surface area contributed by atoms with Gasteiger partial charge in [-0.15, -0.1) is 0 Å². The van der Waals surface area contributed by atoms with Crippen molar-refractivity contribution in [2.24, 2.45) is 67.5 Å². The third-order valence-corrected chi connectivity index (χ3v) is 24.6. The predicted octanol–water partition coefficient (Wildman–Crippen LogP) is 15.1. The third-order valence-electron chi connectivity index (χ3n) is 24.6. The van der Waals surface area contributed by atoms with Crippen LogP contribution < -0.4 is 0 Å². The quantitative estimate of drug-likeness (QED) is 0.0716. The Labute approximate surface area is 520 Å². The van der Waals surface area contributed by atoms with Gasteiger partial charge < -0.3 is 44.5 Å². The zero-order chi connectivity index (χ0) is 65.0. The van der Waals surface area contributed by atoms with Crippen LogP contribution in [0.4, 0.5) is 0 Å². The molecular formula is C72H124O14. The molecule has 0 aromatic rings. The molecule has 0 aromatic carbocycles. The maximum atomic E-state index is 12.8. The average molecular weight is 1210 g/mol. The predicted molar refractivity (Wildman–Crippen MR) is 335 cm³/mol. The lowest BCUT2D eigenvalue weighted by Crippen LogP contribution is -2.67. The summed E-state index contributed by atoms with van der Waals surface area (Å²) in [4.78, 5) is 59.6. The van der Waals surface area contributed by atoms with Crippen molar-refractivity contribution < 1.29 is 68.5 Å². The minimum absolute atomic E-state index is 0.0105. The summed E-state index contributed by atoms with van der Waals surface area (Å²) in [6.45, 7) is 37.2. The van der Waals surface area contributed by atoms with Crippen molar-refractivity contribution in [1.29, 1.82) is 0 Å².